The van der Waals surface area contributed by atoms with Crippen LogP contribution in [0.3, 0.4) is 0 Å². The highest BCUT2D eigenvalue weighted by Gasteiger charge is 2.22. The molecule has 3 aromatic rings. The summed E-state index contributed by atoms with van der Waals surface area (Å²) in [7, 11) is 0. The lowest BCUT2D eigenvalue weighted by atomic mass is 10.0. The molecule has 1 aromatic heterocycles. The molecule has 1 aliphatic rings. The maximum atomic E-state index is 6.37. The standard InChI is InChI=1S/C24H27NO/c1-2-10-16-21(15-9-1)24-25-22(17-19-11-5-3-6-12-19)23(26-24)18-20-13-7-4-8-14-20/h3-8,11-14,21H,1-2,9-10,15-18H2. The topological polar surface area (TPSA) is 26.0 Å². The molecule has 0 radical (unpaired) electrons. The summed E-state index contributed by atoms with van der Waals surface area (Å²) in [6, 6.07) is 21.2. The zero-order valence-corrected chi connectivity index (χ0v) is 15.4. The molecule has 1 fully saturated rings. The highest BCUT2D eigenvalue weighted by Crippen LogP contribution is 2.33. The van der Waals surface area contributed by atoms with Crippen molar-refractivity contribution in [2.45, 2.75) is 57.3 Å². The molecule has 0 saturated heterocycles. The van der Waals surface area contributed by atoms with Gasteiger partial charge in [0, 0.05) is 18.8 Å². The number of nitrogens with zero attached hydrogens (tertiary/aromatic N) is 1. The molecule has 4 rings (SSSR count). The molecule has 134 valence electrons. The Labute approximate surface area is 156 Å². The van der Waals surface area contributed by atoms with Crippen LogP contribution in [-0.2, 0) is 12.8 Å². The van der Waals surface area contributed by atoms with E-state index in [0.717, 1.165) is 30.2 Å². The van der Waals surface area contributed by atoms with Crippen LogP contribution in [0.25, 0.3) is 0 Å². The van der Waals surface area contributed by atoms with Crippen molar-refractivity contribution < 1.29 is 4.42 Å². The van der Waals surface area contributed by atoms with E-state index in [1.165, 1.54) is 49.7 Å². The van der Waals surface area contributed by atoms with E-state index in [4.69, 9.17) is 9.40 Å². The Morgan fingerprint density at radius 2 is 1.31 bits per heavy atom. The van der Waals surface area contributed by atoms with Gasteiger partial charge in [0.25, 0.3) is 0 Å². The number of aromatic nitrogens is 1. The van der Waals surface area contributed by atoms with Gasteiger partial charge in [-0.3, -0.25) is 0 Å². The SMILES string of the molecule is c1ccc(Cc2nc(C3CCCCCC3)oc2Cc2ccccc2)cc1. The number of oxazole rings is 1. The van der Waals surface area contributed by atoms with E-state index < -0.39 is 0 Å². The lowest BCUT2D eigenvalue weighted by Crippen LogP contribution is -1.98. The summed E-state index contributed by atoms with van der Waals surface area (Å²) in [5.41, 5.74) is 3.69. The zero-order chi connectivity index (χ0) is 17.6. The average molecular weight is 345 g/mol. The van der Waals surface area contributed by atoms with Gasteiger partial charge in [-0.2, -0.15) is 0 Å². The third-order valence-electron chi connectivity index (χ3n) is 5.42. The largest absolute Gasteiger partial charge is 0.445 e. The molecular weight excluding hydrogens is 318 g/mol. The number of hydrogen-bond donors (Lipinski definition) is 0. The first-order chi connectivity index (χ1) is 12.9. The van der Waals surface area contributed by atoms with Crippen LogP contribution in [0.1, 0.15) is 72.9 Å². The third kappa shape index (κ3) is 4.24. The first-order valence-corrected chi connectivity index (χ1v) is 9.95. The molecule has 2 aromatic carbocycles. The van der Waals surface area contributed by atoms with E-state index in [1.807, 2.05) is 0 Å². The molecule has 0 bridgehead atoms. The van der Waals surface area contributed by atoms with Gasteiger partial charge in [-0.15, -0.1) is 0 Å². The molecule has 0 spiro atoms. The molecule has 1 aliphatic carbocycles. The molecule has 2 heteroatoms. The normalized spacial score (nSPS) is 15.7. The Morgan fingerprint density at radius 1 is 0.731 bits per heavy atom. The lowest BCUT2D eigenvalue weighted by molar-refractivity contribution is 0.400. The molecule has 1 saturated carbocycles. The van der Waals surface area contributed by atoms with Crippen LogP contribution < -0.4 is 0 Å². The van der Waals surface area contributed by atoms with Gasteiger partial charge >= 0.3 is 0 Å². The number of rotatable bonds is 5. The highest BCUT2D eigenvalue weighted by molar-refractivity contribution is 5.28. The van der Waals surface area contributed by atoms with Crippen LogP contribution in [0.15, 0.2) is 65.1 Å². The van der Waals surface area contributed by atoms with Crippen molar-refractivity contribution >= 4 is 0 Å². The van der Waals surface area contributed by atoms with E-state index >= 15 is 0 Å². The Hall–Kier alpha value is -2.35. The molecule has 0 N–H and O–H groups in total. The van der Waals surface area contributed by atoms with Gasteiger partial charge in [-0.1, -0.05) is 86.3 Å². The predicted molar refractivity (Wildman–Crippen MR) is 105 cm³/mol. The van der Waals surface area contributed by atoms with Crippen molar-refractivity contribution in [3.05, 3.63) is 89.1 Å². The molecule has 0 atom stereocenters. The van der Waals surface area contributed by atoms with Crippen LogP contribution in [0.5, 0.6) is 0 Å². The Kier molecular flexibility index (Phi) is 5.49. The Balaban J connectivity index is 1.62. The van der Waals surface area contributed by atoms with E-state index in [0.29, 0.717) is 5.92 Å². The molecule has 26 heavy (non-hydrogen) atoms. The third-order valence-corrected chi connectivity index (χ3v) is 5.42. The monoisotopic (exact) mass is 345 g/mol. The molecule has 0 amide bonds. The van der Waals surface area contributed by atoms with Crippen LogP contribution >= 0.6 is 0 Å². The quantitative estimate of drug-likeness (QED) is 0.508. The van der Waals surface area contributed by atoms with Crippen molar-refractivity contribution in [1.29, 1.82) is 0 Å². The first-order valence-electron chi connectivity index (χ1n) is 9.95. The van der Waals surface area contributed by atoms with Gasteiger partial charge in [0.2, 0.25) is 0 Å². The van der Waals surface area contributed by atoms with E-state index in [2.05, 4.69) is 60.7 Å². The minimum atomic E-state index is 0.497. The number of benzene rings is 2. The van der Waals surface area contributed by atoms with Crippen LogP contribution in [0, 0.1) is 0 Å². The van der Waals surface area contributed by atoms with Crippen molar-refractivity contribution in [2.24, 2.45) is 0 Å². The van der Waals surface area contributed by atoms with E-state index in [-0.39, 0.29) is 0 Å². The second kappa shape index (κ2) is 8.35. The average Bonchev–Trinajstić information content (AvgIpc) is 2.89. The van der Waals surface area contributed by atoms with Gasteiger partial charge in [0.15, 0.2) is 5.89 Å². The van der Waals surface area contributed by atoms with Crippen LogP contribution in [0.4, 0.5) is 0 Å². The van der Waals surface area contributed by atoms with E-state index in [1.54, 1.807) is 0 Å². The summed E-state index contributed by atoms with van der Waals surface area (Å²) < 4.78 is 6.37. The minimum absolute atomic E-state index is 0.497. The maximum Gasteiger partial charge on any atom is 0.197 e. The summed E-state index contributed by atoms with van der Waals surface area (Å²) in [6.45, 7) is 0. The van der Waals surface area contributed by atoms with E-state index in [9.17, 15) is 0 Å². The second-order valence-electron chi connectivity index (χ2n) is 7.44. The van der Waals surface area contributed by atoms with Gasteiger partial charge in [-0.05, 0) is 24.0 Å². The summed E-state index contributed by atoms with van der Waals surface area (Å²) >= 11 is 0. The maximum absolute atomic E-state index is 6.37. The molecular formula is C24H27NO. The molecule has 0 aliphatic heterocycles. The van der Waals surface area contributed by atoms with Crippen molar-refractivity contribution in [1.82, 2.24) is 4.98 Å². The molecule has 1 heterocycles. The smallest absolute Gasteiger partial charge is 0.197 e. The van der Waals surface area contributed by atoms with Crippen LogP contribution in [0.2, 0.25) is 0 Å². The zero-order valence-electron chi connectivity index (χ0n) is 15.4. The van der Waals surface area contributed by atoms with Crippen molar-refractivity contribution in [3.63, 3.8) is 0 Å². The fourth-order valence-electron chi connectivity index (χ4n) is 3.95. The molecule has 2 nitrogen and oxygen atoms in total. The highest BCUT2D eigenvalue weighted by atomic mass is 16.4. The first kappa shape index (κ1) is 17.1. The Bertz CT molecular complexity index is 740. The second-order valence-corrected chi connectivity index (χ2v) is 7.44. The lowest BCUT2D eigenvalue weighted by Gasteiger charge is -2.08. The van der Waals surface area contributed by atoms with Crippen molar-refractivity contribution in [2.75, 3.05) is 0 Å². The summed E-state index contributed by atoms with van der Waals surface area (Å²) in [4.78, 5) is 5.00. The van der Waals surface area contributed by atoms with Crippen molar-refractivity contribution in [3.8, 4) is 0 Å². The minimum Gasteiger partial charge on any atom is -0.445 e. The van der Waals surface area contributed by atoms with Gasteiger partial charge in [0.1, 0.15) is 5.76 Å². The van der Waals surface area contributed by atoms with Gasteiger partial charge in [0.05, 0.1) is 5.69 Å². The summed E-state index contributed by atoms with van der Waals surface area (Å²) in [6.07, 6.45) is 9.41. The predicted octanol–water partition coefficient (Wildman–Crippen LogP) is 6.29. The fourth-order valence-corrected chi connectivity index (χ4v) is 3.95. The Morgan fingerprint density at radius 3 is 1.92 bits per heavy atom. The number of hydrogen-bond acceptors (Lipinski definition) is 2. The summed E-state index contributed by atoms with van der Waals surface area (Å²) in [5.74, 6) is 2.51. The summed E-state index contributed by atoms with van der Waals surface area (Å²) in [5, 5.41) is 0. The van der Waals surface area contributed by atoms with Gasteiger partial charge < -0.3 is 4.42 Å². The van der Waals surface area contributed by atoms with Crippen LogP contribution in [-0.4, -0.2) is 4.98 Å². The fraction of sp³-hybridized carbons (Fsp3) is 0.375. The van der Waals surface area contributed by atoms with Gasteiger partial charge in [-0.25, -0.2) is 4.98 Å². The molecule has 0 unspecified atom stereocenters.